The normalized spacial score (nSPS) is 11.4. The Kier molecular flexibility index (Phi) is 7.70. The fraction of sp³-hybridized carbons (Fsp3) is 0.136. The average Bonchev–Trinajstić information content (AvgIpc) is 2.77. The number of nitro benzene ring substituents is 1. The predicted octanol–water partition coefficient (Wildman–Crippen LogP) is 5.04. The number of nitro groups is 1. The molecule has 0 saturated heterocycles. The molecule has 0 spiro atoms. The van der Waals surface area contributed by atoms with E-state index in [1.807, 2.05) is 0 Å². The third-order valence-corrected chi connectivity index (χ3v) is 7.36. The smallest absolute Gasteiger partial charge is 0.274 e. The van der Waals surface area contributed by atoms with Crippen molar-refractivity contribution < 1.29 is 18.1 Å². The second-order valence-corrected chi connectivity index (χ2v) is 9.84. The Balaban J connectivity index is 1.91. The second kappa shape index (κ2) is 10.3. The van der Waals surface area contributed by atoms with Gasteiger partial charge in [0.2, 0.25) is 15.9 Å². The van der Waals surface area contributed by atoms with Gasteiger partial charge in [-0.25, -0.2) is 8.42 Å². The van der Waals surface area contributed by atoms with Crippen LogP contribution in [0.3, 0.4) is 0 Å². The van der Waals surface area contributed by atoms with Crippen LogP contribution in [0.5, 0.6) is 0 Å². The lowest BCUT2D eigenvalue weighted by atomic mass is 10.1. The lowest BCUT2D eigenvalue weighted by Crippen LogP contribution is -2.37. The van der Waals surface area contributed by atoms with E-state index < -0.39 is 27.4 Å². The third kappa shape index (κ3) is 5.88. The van der Waals surface area contributed by atoms with Crippen molar-refractivity contribution in [2.45, 2.75) is 18.4 Å². The van der Waals surface area contributed by atoms with Crippen LogP contribution in [-0.4, -0.2) is 30.1 Å². The Hall–Kier alpha value is -2.98. The highest BCUT2D eigenvalue weighted by molar-refractivity contribution is 7.89. The number of rotatable bonds is 8. The standard InChI is InChI=1S/C22H19Cl2N3O5S/c1-15-20(8-5-9-21(15)27(29)30)25-22(28)14-26(13-16-10-11-18(23)19(24)12-16)33(31,32)17-6-3-2-4-7-17/h2-12H,13-14H2,1H3,(H,25,28). The molecular weight excluding hydrogens is 489 g/mol. The molecule has 0 aliphatic heterocycles. The average molecular weight is 508 g/mol. The first-order chi connectivity index (χ1) is 15.6. The summed E-state index contributed by atoms with van der Waals surface area (Å²) in [6.07, 6.45) is 0. The summed E-state index contributed by atoms with van der Waals surface area (Å²) >= 11 is 12.0. The van der Waals surface area contributed by atoms with E-state index in [0.717, 1.165) is 4.31 Å². The van der Waals surface area contributed by atoms with Gasteiger partial charge in [-0.3, -0.25) is 14.9 Å². The second-order valence-electron chi connectivity index (χ2n) is 7.09. The SMILES string of the molecule is Cc1c(NC(=O)CN(Cc2ccc(Cl)c(Cl)c2)S(=O)(=O)c2ccccc2)cccc1[N+](=O)[O-]. The summed E-state index contributed by atoms with van der Waals surface area (Å²) in [7, 11) is -4.05. The van der Waals surface area contributed by atoms with Crippen LogP contribution in [-0.2, 0) is 21.4 Å². The van der Waals surface area contributed by atoms with Gasteiger partial charge in [0.1, 0.15) is 0 Å². The molecule has 0 fully saturated rings. The molecule has 0 saturated carbocycles. The molecule has 3 rings (SSSR count). The highest BCUT2D eigenvalue weighted by Gasteiger charge is 2.27. The summed E-state index contributed by atoms with van der Waals surface area (Å²) < 4.78 is 27.6. The Labute approximate surface area is 200 Å². The molecule has 0 heterocycles. The van der Waals surface area contributed by atoms with Gasteiger partial charge in [-0.2, -0.15) is 4.31 Å². The molecule has 3 aromatic carbocycles. The van der Waals surface area contributed by atoms with Gasteiger partial charge in [-0.1, -0.05) is 53.5 Å². The van der Waals surface area contributed by atoms with Crippen LogP contribution in [0, 0.1) is 17.0 Å². The van der Waals surface area contributed by atoms with Gasteiger partial charge in [-0.05, 0) is 42.8 Å². The highest BCUT2D eigenvalue weighted by Crippen LogP contribution is 2.27. The lowest BCUT2D eigenvalue weighted by molar-refractivity contribution is -0.385. The van der Waals surface area contributed by atoms with Crippen molar-refractivity contribution in [1.29, 1.82) is 0 Å². The van der Waals surface area contributed by atoms with Gasteiger partial charge < -0.3 is 5.32 Å². The van der Waals surface area contributed by atoms with Crippen molar-refractivity contribution in [2.75, 3.05) is 11.9 Å². The number of hydrogen-bond acceptors (Lipinski definition) is 5. The van der Waals surface area contributed by atoms with E-state index in [2.05, 4.69) is 5.32 Å². The van der Waals surface area contributed by atoms with Crippen LogP contribution in [0.1, 0.15) is 11.1 Å². The Morgan fingerprint density at radius 1 is 1.03 bits per heavy atom. The molecule has 8 nitrogen and oxygen atoms in total. The summed E-state index contributed by atoms with van der Waals surface area (Å²) in [5.41, 5.74) is 0.860. The molecule has 0 radical (unpaired) electrons. The molecule has 1 N–H and O–H groups in total. The molecule has 0 atom stereocenters. The van der Waals surface area contributed by atoms with E-state index >= 15 is 0 Å². The number of carbonyl (C=O) groups excluding carboxylic acids is 1. The van der Waals surface area contributed by atoms with Gasteiger partial charge in [0, 0.05) is 12.6 Å². The first kappa shape index (κ1) is 24.7. The zero-order valence-corrected chi connectivity index (χ0v) is 19.7. The molecule has 0 unspecified atom stereocenters. The summed E-state index contributed by atoms with van der Waals surface area (Å²) in [4.78, 5) is 23.4. The molecule has 172 valence electrons. The quantitative estimate of drug-likeness (QED) is 0.339. The lowest BCUT2D eigenvalue weighted by Gasteiger charge is -2.22. The Bertz CT molecular complexity index is 1300. The summed E-state index contributed by atoms with van der Waals surface area (Å²) in [6, 6.07) is 16.7. The van der Waals surface area contributed by atoms with Crippen LogP contribution in [0.2, 0.25) is 10.0 Å². The van der Waals surface area contributed by atoms with Gasteiger partial charge in [0.25, 0.3) is 5.69 Å². The Morgan fingerprint density at radius 2 is 1.73 bits per heavy atom. The summed E-state index contributed by atoms with van der Waals surface area (Å²) in [6.45, 7) is 0.830. The molecule has 3 aromatic rings. The predicted molar refractivity (Wildman–Crippen MR) is 127 cm³/mol. The highest BCUT2D eigenvalue weighted by atomic mass is 35.5. The summed E-state index contributed by atoms with van der Waals surface area (Å²) in [5.74, 6) is -0.654. The minimum absolute atomic E-state index is 0.0180. The van der Waals surface area contributed by atoms with Crippen LogP contribution in [0.25, 0.3) is 0 Å². The number of sulfonamides is 1. The largest absolute Gasteiger partial charge is 0.324 e. The molecule has 0 bridgehead atoms. The molecule has 33 heavy (non-hydrogen) atoms. The number of carbonyl (C=O) groups is 1. The maximum absolute atomic E-state index is 13.3. The van der Waals surface area contributed by atoms with Crippen molar-refractivity contribution >= 4 is 50.5 Å². The van der Waals surface area contributed by atoms with Gasteiger partial charge in [0.15, 0.2) is 0 Å². The molecule has 0 aliphatic rings. The minimum atomic E-state index is -4.05. The van der Waals surface area contributed by atoms with Crippen LogP contribution in [0.15, 0.2) is 71.6 Å². The number of amides is 1. The molecular formula is C22H19Cl2N3O5S. The first-order valence-electron chi connectivity index (χ1n) is 9.62. The van der Waals surface area contributed by atoms with Crippen LogP contribution in [0.4, 0.5) is 11.4 Å². The van der Waals surface area contributed by atoms with Crippen molar-refractivity contribution in [3.63, 3.8) is 0 Å². The number of benzene rings is 3. The number of nitrogens with zero attached hydrogens (tertiary/aromatic N) is 2. The number of anilines is 1. The van der Waals surface area contributed by atoms with E-state index in [9.17, 15) is 23.3 Å². The van der Waals surface area contributed by atoms with Crippen LogP contribution < -0.4 is 5.32 Å². The van der Waals surface area contributed by atoms with E-state index in [0.29, 0.717) is 10.6 Å². The fourth-order valence-corrected chi connectivity index (χ4v) is 4.84. The van der Waals surface area contributed by atoms with E-state index in [1.165, 1.54) is 43.3 Å². The number of hydrogen-bond donors (Lipinski definition) is 1. The number of nitrogens with one attached hydrogen (secondary N) is 1. The topological polar surface area (TPSA) is 110 Å². The van der Waals surface area contributed by atoms with Gasteiger partial charge >= 0.3 is 0 Å². The van der Waals surface area contributed by atoms with E-state index in [-0.39, 0.29) is 33.4 Å². The summed E-state index contributed by atoms with van der Waals surface area (Å²) in [5, 5.41) is 14.3. The molecule has 11 heteroatoms. The van der Waals surface area contributed by atoms with Crippen molar-refractivity contribution in [2.24, 2.45) is 0 Å². The molecule has 1 amide bonds. The third-order valence-electron chi connectivity index (χ3n) is 4.82. The van der Waals surface area contributed by atoms with Crippen LogP contribution >= 0.6 is 23.2 Å². The Morgan fingerprint density at radius 3 is 2.36 bits per heavy atom. The van der Waals surface area contributed by atoms with E-state index in [1.54, 1.807) is 30.3 Å². The minimum Gasteiger partial charge on any atom is -0.324 e. The van der Waals surface area contributed by atoms with Gasteiger partial charge in [0.05, 0.1) is 37.7 Å². The maximum Gasteiger partial charge on any atom is 0.274 e. The molecule has 0 aliphatic carbocycles. The molecule has 0 aromatic heterocycles. The number of halogens is 2. The maximum atomic E-state index is 13.3. The first-order valence-corrected chi connectivity index (χ1v) is 11.8. The van der Waals surface area contributed by atoms with E-state index in [4.69, 9.17) is 23.2 Å². The zero-order valence-electron chi connectivity index (χ0n) is 17.4. The monoisotopic (exact) mass is 507 g/mol. The van der Waals surface area contributed by atoms with Crippen molar-refractivity contribution in [3.8, 4) is 0 Å². The fourth-order valence-electron chi connectivity index (χ4n) is 3.12. The van der Waals surface area contributed by atoms with Gasteiger partial charge in [-0.15, -0.1) is 0 Å². The van der Waals surface area contributed by atoms with Crippen molar-refractivity contribution in [3.05, 3.63) is 98.0 Å². The van der Waals surface area contributed by atoms with Crippen molar-refractivity contribution in [1.82, 2.24) is 4.31 Å². The zero-order chi connectivity index (χ0) is 24.2.